The number of hydrogen-bond donors (Lipinski definition) is 1. The molecule has 2 aromatic carbocycles. The first-order chi connectivity index (χ1) is 14.3. The Balaban J connectivity index is 1.77. The molecule has 0 amide bonds. The Labute approximate surface area is 182 Å². The summed E-state index contributed by atoms with van der Waals surface area (Å²) in [6.07, 6.45) is 2.79. The molecule has 1 heterocycles. The van der Waals surface area contributed by atoms with Crippen LogP contribution in [0.4, 0.5) is 0 Å². The van der Waals surface area contributed by atoms with E-state index < -0.39 is 14.4 Å². The fourth-order valence-electron chi connectivity index (χ4n) is 4.55. The molecule has 1 aliphatic heterocycles. The third kappa shape index (κ3) is 5.12. The molecular weight excluding hydrogens is 388 g/mol. The van der Waals surface area contributed by atoms with Gasteiger partial charge in [0.2, 0.25) is 0 Å². The van der Waals surface area contributed by atoms with E-state index in [0.29, 0.717) is 13.0 Å². The quantitative estimate of drug-likeness (QED) is 0.478. The normalized spacial score (nSPS) is 18.3. The van der Waals surface area contributed by atoms with Gasteiger partial charge in [-0.1, -0.05) is 93.6 Å². The molecule has 162 valence electrons. The van der Waals surface area contributed by atoms with Crippen molar-refractivity contribution in [1.29, 1.82) is 0 Å². The molecule has 3 nitrogen and oxygen atoms in total. The summed E-state index contributed by atoms with van der Waals surface area (Å²) >= 11 is 0. The van der Waals surface area contributed by atoms with Crippen LogP contribution < -0.4 is 10.4 Å². The van der Waals surface area contributed by atoms with Gasteiger partial charge >= 0.3 is 0 Å². The maximum Gasteiger partial charge on any atom is 0.261 e. The number of rotatable bonds is 9. The van der Waals surface area contributed by atoms with Crippen LogP contribution in [0.3, 0.4) is 0 Å². The van der Waals surface area contributed by atoms with Crippen molar-refractivity contribution < 1.29 is 14.3 Å². The van der Waals surface area contributed by atoms with Crippen LogP contribution in [-0.4, -0.2) is 38.8 Å². The Morgan fingerprint density at radius 2 is 1.67 bits per heavy atom. The summed E-state index contributed by atoms with van der Waals surface area (Å²) in [5.74, 6) is 0. The fraction of sp³-hybridized carbons (Fsp3) is 0.462. The summed E-state index contributed by atoms with van der Waals surface area (Å²) in [5.41, 5.74) is 1.02. The van der Waals surface area contributed by atoms with Crippen LogP contribution in [0.15, 0.2) is 72.8 Å². The highest BCUT2D eigenvalue weighted by Crippen LogP contribution is 2.37. The van der Waals surface area contributed by atoms with Crippen molar-refractivity contribution in [2.45, 2.75) is 63.7 Å². The van der Waals surface area contributed by atoms with E-state index in [1.807, 2.05) is 0 Å². The first-order valence-electron chi connectivity index (χ1n) is 11.1. The highest BCUT2D eigenvalue weighted by Gasteiger charge is 2.49. The molecule has 0 unspecified atom stereocenters. The predicted molar refractivity (Wildman–Crippen MR) is 127 cm³/mol. The van der Waals surface area contributed by atoms with E-state index in [-0.39, 0.29) is 11.1 Å². The molecule has 2 aromatic rings. The van der Waals surface area contributed by atoms with Gasteiger partial charge in [0.15, 0.2) is 0 Å². The molecule has 0 aromatic heterocycles. The number of ether oxygens (including phenoxy) is 1. The van der Waals surface area contributed by atoms with Crippen molar-refractivity contribution in [2.75, 3.05) is 13.2 Å². The molecule has 1 N–H and O–H groups in total. The van der Waals surface area contributed by atoms with E-state index in [1.165, 1.54) is 10.4 Å². The van der Waals surface area contributed by atoms with Crippen LogP contribution >= 0.6 is 0 Å². The van der Waals surface area contributed by atoms with E-state index in [0.717, 1.165) is 31.4 Å². The van der Waals surface area contributed by atoms with E-state index in [4.69, 9.17) is 9.16 Å². The number of aliphatic hydroxyl groups excluding tert-OH is 1. The Bertz CT molecular complexity index is 753. The summed E-state index contributed by atoms with van der Waals surface area (Å²) in [7, 11) is -2.51. The zero-order chi connectivity index (χ0) is 21.6. The number of hydrogen-bond acceptors (Lipinski definition) is 3. The molecule has 1 fully saturated rings. The zero-order valence-electron chi connectivity index (χ0n) is 18.6. The lowest BCUT2D eigenvalue weighted by Crippen LogP contribution is -2.66. The van der Waals surface area contributed by atoms with E-state index in [9.17, 15) is 5.11 Å². The highest BCUT2D eigenvalue weighted by molar-refractivity contribution is 6.99. The monoisotopic (exact) mass is 424 g/mol. The van der Waals surface area contributed by atoms with Crippen molar-refractivity contribution in [1.82, 2.24) is 0 Å². The summed E-state index contributed by atoms with van der Waals surface area (Å²) < 4.78 is 12.5. The molecule has 0 aliphatic carbocycles. The average Bonchev–Trinajstić information content (AvgIpc) is 3.27. The van der Waals surface area contributed by atoms with Crippen LogP contribution in [0, 0.1) is 0 Å². The maximum absolute atomic E-state index is 10.4. The Morgan fingerprint density at radius 3 is 2.13 bits per heavy atom. The SMILES string of the molecule is C=C(CCO[Si](c1ccccc1)(c1ccccc1)C(C)(C)C)C[C@@H](O)[C@@H]1CCCO1. The van der Waals surface area contributed by atoms with Crippen LogP contribution in [0.2, 0.25) is 5.04 Å². The van der Waals surface area contributed by atoms with E-state index >= 15 is 0 Å². The highest BCUT2D eigenvalue weighted by atomic mass is 28.4. The minimum absolute atomic E-state index is 0.0335. The van der Waals surface area contributed by atoms with Crippen molar-refractivity contribution in [2.24, 2.45) is 0 Å². The Kier molecular flexibility index (Phi) is 7.69. The van der Waals surface area contributed by atoms with Gasteiger partial charge in [-0.05, 0) is 41.1 Å². The van der Waals surface area contributed by atoms with E-state index in [2.05, 4.69) is 88.0 Å². The lowest BCUT2D eigenvalue weighted by atomic mass is 10.0. The van der Waals surface area contributed by atoms with Crippen molar-refractivity contribution in [3.63, 3.8) is 0 Å². The molecule has 4 heteroatoms. The van der Waals surface area contributed by atoms with Gasteiger partial charge in [0, 0.05) is 13.2 Å². The largest absolute Gasteiger partial charge is 0.407 e. The molecule has 0 radical (unpaired) electrons. The van der Waals surface area contributed by atoms with Crippen LogP contribution in [0.1, 0.15) is 46.5 Å². The van der Waals surface area contributed by atoms with Crippen molar-refractivity contribution in [3.05, 3.63) is 72.8 Å². The Morgan fingerprint density at radius 1 is 1.10 bits per heavy atom. The van der Waals surface area contributed by atoms with Crippen molar-refractivity contribution in [3.8, 4) is 0 Å². The van der Waals surface area contributed by atoms with Gasteiger partial charge in [-0.3, -0.25) is 0 Å². The van der Waals surface area contributed by atoms with Crippen LogP contribution in [0.5, 0.6) is 0 Å². The smallest absolute Gasteiger partial charge is 0.261 e. The molecule has 0 saturated carbocycles. The van der Waals surface area contributed by atoms with Gasteiger partial charge in [0.1, 0.15) is 0 Å². The first-order valence-corrected chi connectivity index (χ1v) is 13.0. The van der Waals surface area contributed by atoms with Gasteiger partial charge < -0.3 is 14.3 Å². The molecule has 3 rings (SSSR count). The van der Waals surface area contributed by atoms with Gasteiger partial charge in [0.05, 0.1) is 12.2 Å². The minimum Gasteiger partial charge on any atom is -0.407 e. The minimum atomic E-state index is -2.51. The third-order valence-corrected chi connectivity index (χ3v) is 11.1. The molecule has 0 bridgehead atoms. The molecule has 2 atom stereocenters. The summed E-state index contributed by atoms with van der Waals surface area (Å²) in [4.78, 5) is 0. The summed E-state index contributed by atoms with van der Waals surface area (Å²) in [6, 6.07) is 21.4. The second-order valence-corrected chi connectivity index (χ2v) is 13.6. The lowest BCUT2D eigenvalue weighted by Gasteiger charge is -2.43. The number of benzene rings is 2. The standard InChI is InChI=1S/C26H36O3Si/c1-21(20-24(27)25-16-11-18-28-25)17-19-29-30(26(2,3)4,22-12-7-5-8-13-22)23-14-9-6-10-15-23/h5-10,12-15,24-25,27H,1,11,16-20H2,2-4H3/t24-,25+/m1/s1. The molecular formula is C26H36O3Si. The van der Waals surface area contributed by atoms with E-state index in [1.54, 1.807) is 0 Å². The molecule has 0 spiro atoms. The second kappa shape index (κ2) is 10.1. The van der Waals surface area contributed by atoms with Crippen LogP contribution in [0.25, 0.3) is 0 Å². The summed E-state index contributed by atoms with van der Waals surface area (Å²) in [5, 5.41) is 13.0. The number of aliphatic hydroxyl groups is 1. The zero-order valence-corrected chi connectivity index (χ0v) is 19.6. The lowest BCUT2D eigenvalue weighted by molar-refractivity contribution is -0.00118. The Hall–Kier alpha value is -1.72. The molecule has 30 heavy (non-hydrogen) atoms. The summed E-state index contributed by atoms with van der Waals surface area (Å²) in [6.45, 7) is 12.4. The van der Waals surface area contributed by atoms with Gasteiger partial charge in [-0.15, -0.1) is 0 Å². The topological polar surface area (TPSA) is 38.7 Å². The van der Waals surface area contributed by atoms with Crippen molar-refractivity contribution >= 4 is 18.7 Å². The van der Waals surface area contributed by atoms with Gasteiger partial charge in [-0.2, -0.15) is 0 Å². The fourth-order valence-corrected chi connectivity index (χ4v) is 9.11. The third-order valence-electron chi connectivity index (χ3n) is 6.08. The van der Waals surface area contributed by atoms with Gasteiger partial charge in [-0.25, -0.2) is 0 Å². The maximum atomic E-state index is 10.4. The average molecular weight is 425 g/mol. The molecule has 1 saturated heterocycles. The first kappa shape index (κ1) is 23.0. The second-order valence-electron chi connectivity index (χ2n) is 9.33. The van der Waals surface area contributed by atoms with Crippen LogP contribution in [-0.2, 0) is 9.16 Å². The molecule has 1 aliphatic rings. The predicted octanol–water partition coefficient (Wildman–Crippen LogP) is 4.44. The van der Waals surface area contributed by atoms with Gasteiger partial charge in [0.25, 0.3) is 8.32 Å².